The van der Waals surface area contributed by atoms with E-state index in [1.165, 1.54) is 0 Å². The number of hydrogen-bond acceptors (Lipinski definition) is 8. The summed E-state index contributed by atoms with van der Waals surface area (Å²) in [5.74, 6) is 2.23. The van der Waals surface area contributed by atoms with Gasteiger partial charge in [-0.1, -0.05) is 41.9 Å². The van der Waals surface area contributed by atoms with Gasteiger partial charge in [0.15, 0.2) is 0 Å². The first-order valence-corrected chi connectivity index (χ1v) is 15.1. The fourth-order valence-electron chi connectivity index (χ4n) is 5.50. The summed E-state index contributed by atoms with van der Waals surface area (Å²) in [6.45, 7) is 5.90. The maximum Gasteiger partial charge on any atom is 0.142 e. The van der Waals surface area contributed by atoms with Crippen molar-refractivity contribution >= 4 is 17.3 Å². The Bertz CT molecular complexity index is 1260. The molecule has 0 radical (unpaired) electrons. The first-order valence-electron chi connectivity index (χ1n) is 14.7. The molecular weight excluding hydrogens is 556 g/mol. The van der Waals surface area contributed by atoms with Gasteiger partial charge >= 0.3 is 0 Å². The summed E-state index contributed by atoms with van der Waals surface area (Å²) < 4.78 is 29.2. The monoisotopic (exact) mass is 596 g/mol. The smallest absolute Gasteiger partial charge is 0.142 e. The Morgan fingerprint density at radius 3 is 2.64 bits per heavy atom. The van der Waals surface area contributed by atoms with Gasteiger partial charge in [-0.3, -0.25) is 0 Å². The molecule has 1 fully saturated rings. The molecule has 3 aromatic rings. The highest BCUT2D eigenvalue weighted by Crippen LogP contribution is 2.34. The molecule has 0 aliphatic carbocycles. The number of aliphatic hydroxyl groups excluding tert-OH is 1. The van der Waals surface area contributed by atoms with Gasteiger partial charge in [-0.05, 0) is 53.9 Å². The summed E-state index contributed by atoms with van der Waals surface area (Å²) in [6, 6.07) is 21.7. The molecule has 2 heterocycles. The van der Waals surface area contributed by atoms with Crippen LogP contribution in [0, 0.1) is 0 Å². The maximum atomic E-state index is 10.9. The van der Waals surface area contributed by atoms with Crippen LogP contribution in [0.5, 0.6) is 17.2 Å². The van der Waals surface area contributed by atoms with Crippen molar-refractivity contribution in [2.24, 2.45) is 0 Å². The van der Waals surface area contributed by atoms with E-state index < -0.39 is 6.10 Å². The average molecular weight is 597 g/mol. The van der Waals surface area contributed by atoms with Gasteiger partial charge in [0.1, 0.15) is 23.9 Å². The number of para-hydroxylation sites is 1. The lowest BCUT2D eigenvalue weighted by Crippen LogP contribution is -2.49. The molecule has 2 N–H and O–H groups in total. The van der Waals surface area contributed by atoms with Crippen molar-refractivity contribution in [3.8, 4) is 17.2 Å². The van der Waals surface area contributed by atoms with Gasteiger partial charge in [-0.25, -0.2) is 0 Å². The molecule has 2 aliphatic rings. The van der Waals surface area contributed by atoms with Crippen LogP contribution >= 0.6 is 11.6 Å². The number of piperidine rings is 1. The molecule has 3 aromatic carbocycles. The summed E-state index contributed by atoms with van der Waals surface area (Å²) in [6.07, 6.45) is 0.972. The number of hydrogen-bond donors (Lipinski definition) is 2. The van der Waals surface area contributed by atoms with E-state index in [4.69, 9.17) is 35.3 Å². The predicted molar refractivity (Wildman–Crippen MR) is 164 cm³/mol. The molecule has 3 atom stereocenters. The van der Waals surface area contributed by atoms with Crippen molar-refractivity contribution in [3.63, 3.8) is 0 Å². The second kappa shape index (κ2) is 15.5. The number of anilines is 1. The van der Waals surface area contributed by atoms with E-state index in [0.717, 1.165) is 60.9 Å². The number of nitrogens with one attached hydrogen (secondary N) is 1. The molecule has 0 aromatic heterocycles. The van der Waals surface area contributed by atoms with Crippen molar-refractivity contribution in [2.75, 3.05) is 64.6 Å². The lowest BCUT2D eigenvalue weighted by molar-refractivity contribution is -0.0328. The number of ether oxygens (including phenoxy) is 5. The SMILES string of the molecule is COCCCN1CCOc2ccc(CO[C@H]3CNC[C@@H](O)[C@@H]3c3ccc(OCCCOc4ccccc4Cl)cc3)cc21. The van der Waals surface area contributed by atoms with E-state index >= 15 is 0 Å². The molecule has 0 spiro atoms. The van der Waals surface area contributed by atoms with Crippen LogP contribution in [0.4, 0.5) is 5.69 Å². The van der Waals surface area contributed by atoms with Gasteiger partial charge in [0.2, 0.25) is 0 Å². The Hall–Kier alpha value is -3.01. The van der Waals surface area contributed by atoms with Crippen LogP contribution in [0.2, 0.25) is 5.02 Å². The quantitative estimate of drug-likeness (QED) is 0.250. The zero-order valence-corrected chi connectivity index (χ0v) is 24.9. The van der Waals surface area contributed by atoms with E-state index in [-0.39, 0.29) is 12.0 Å². The zero-order chi connectivity index (χ0) is 29.1. The predicted octanol–water partition coefficient (Wildman–Crippen LogP) is 5.06. The Kier molecular flexibility index (Phi) is 11.2. The number of nitrogens with zero attached hydrogens (tertiary/aromatic N) is 1. The number of rotatable bonds is 14. The lowest BCUT2D eigenvalue weighted by Gasteiger charge is -2.36. The Morgan fingerprint density at radius 1 is 0.976 bits per heavy atom. The van der Waals surface area contributed by atoms with Crippen LogP contribution in [-0.2, 0) is 16.1 Å². The van der Waals surface area contributed by atoms with Crippen molar-refractivity contribution in [3.05, 3.63) is 82.9 Å². The first-order chi connectivity index (χ1) is 20.6. The second-order valence-electron chi connectivity index (χ2n) is 10.6. The van der Waals surface area contributed by atoms with Crippen molar-refractivity contribution < 1.29 is 28.8 Å². The van der Waals surface area contributed by atoms with Crippen LogP contribution in [0.15, 0.2) is 66.7 Å². The highest BCUT2D eigenvalue weighted by Gasteiger charge is 2.34. The highest BCUT2D eigenvalue weighted by atomic mass is 35.5. The van der Waals surface area contributed by atoms with E-state index in [1.807, 2.05) is 54.6 Å². The molecule has 8 nitrogen and oxygen atoms in total. The number of halogens is 1. The van der Waals surface area contributed by atoms with E-state index in [0.29, 0.717) is 50.3 Å². The number of β-amino-alcohol motifs (C(OH)–C–C–N with tert-alkyl or cyclic N) is 1. The fourth-order valence-corrected chi connectivity index (χ4v) is 5.69. The number of methoxy groups -OCH3 is 1. The van der Waals surface area contributed by atoms with Crippen LogP contribution < -0.4 is 24.4 Å². The maximum absolute atomic E-state index is 10.9. The Balaban J connectivity index is 1.14. The normalized spacial score (nSPS) is 20.1. The molecule has 0 unspecified atom stereocenters. The minimum Gasteiger partial charge on any atom is -0.493 e. The molecule has 0 saturated carbocycles. The van der Waals surface area contributed by atoms with Gasteiger partial charge in [-0.2, -0.15) is 0 Å². The number of benzene rings is 3. The summed E-state index contributed by atoms with van der Waals surface area (Å²) >= 11 is 6.14. The standard InChI is InChI=1S/C33H41ClN2O6/c1-38-16-4-14-36-15-19-41-31-13-8-24(20-28(31)36)23-42-32-22-35-21-29(37)33(32)25-9-11-26(12-10-25)39-17-5-18-40-30-7-3-2-6-27(30)34/h2-3,6-13,20,29,32-33,35,37H,4-5,14-19,21-23H2,1H3/t29-,32+,33+/m1/s1. The highest BCUT2D eigenvalue weighted by molar-refractivity contribution is 6.32. The van der Waals surface area contributed by atoms with E-state index in [2.05, 4.69) is 22.3 Å². The van der Waals surface area contributed by atoms with Crippen LogP contribution in [-0.4, -0.2) is 77.0 Å². The largest absolute Gasteiger partial charge is 0.493 e. The van der Waals surface area contributed by atoms with Crippen LogP contribution in [0.3, 0.4) is 0 Å². The van der Waals surface area contributed by atoms with E-state index in [1.54, 1.807) is 7.11 Å². The molecule has 0 amide bonds. The average Bonchev–Trinajstić information content (AvgIpc) is 3.01. The van der Waals surface area contributed by atoms with Gasteiger partial charge in [0.25, 0.3) is 0 Å². The summed E-state index contributed by atoms with van der Waals surface area (Å²) in [5, 5.41) is 14.9. The second-order valence-corrected chi connectivity index (χ2v) is 11.0. The number of fused-ring (bicyclic) bond motifs is 1. The summed E-state index contributed by atoms with van der Waals surface area (Å²) in [7, 11) is 1.73. The van der Waals surface area contributed by atoms with Crippen molar-refractivity contribution in [1.29, 1.82) is 0 Å². The first kappa shape index (κ1) is 30.4. The summed E-state index contributed by atoms with van der Waals surface area (Å²) in [4.78, 5) is 2.35. The minimum absolute atomic E-state index is 0.143. The summed E-state index contributed by atoms with van der Waals surface area (Å²) in [5.41, 5.74) is 3.21. The Labute approximate surface area is 253 Å². The van der Waals surface area contributed by atoms with Crippen molar-refractivity contribution in [2.45, 2.75) is 37.6 Å². The topological polar surface area (TPSA) is 81.7 Å². The van der Waals surface area contributed by atoms with Crippen LogP contribution in [0.1, 0.15) is 29.9 Å². The third-order valence-electron chi connectivity index (χ3n) is 7.65. The third-order valence-corrected chi connectivity index (χ3v) is 7.97. The molecule has 2 aliphatic heterocycles. The van der Waals surface area contributed by atoms with E-state index in [9.17, 15) is 5.11 Å². The molecule has 1 saturated heterocycles. The number of aliphatic hydroxyl groups is 1. The molecule has 0 bridgehead atoms. The van der Waals surface area contributed by atoms with Gasteiger partial charge < -0.3 is 39.0 Å². The molecular formula is C33H41ClN2O6. The van der Waals surface area contributed by atoms with Crippen LogP contribution in [0.25, 0.3) is 0 Å². The zero-order valence-electron chi connectivity index (χ0n) is 24.2. The molecule has 226 valence electrons. The molecule has 5 rings (SSSR count). The molecule has 42 heavy (non-hydrogen) atoms. The van der Waals surface area contributed by atoms with Crippen molar-refractivity contribution in [1.82, 2.24) is 5.32 Å². The molecule has 9 heteroatoms. The van der Waals surface area contributed by atoms with Gasteiger partial charge in [0, 0.05) is 45.7 Å². The fraction of sp³-hybridized carbons (Fsp3) is 0.455. The minimum atomic E-state index is -0.550. The lowest BCUT2D eigenvalue weighted by atomic mass is 9.85. The van der Waals surface area contributed by atoms with Gasteiger partial charge in [0.05, 0.1) is 49.3 Å². The van der Waals surface area contributed by atoms with Gasteiger partial charge in [-0.15, -0.1) is 0 Å². The third kappa shape index (κ3) is 8.08. The Morgan fingerprint density at radius 2 is 1.81 bits per heavy atom.